The molecule has 0 spiro atoms. The van der Waals surface area contributed by atoms with Gasteiger partial charge in [0.25, 0.3) is 0 Å². The maximum Gasteiger partial charge on any atom is 0.0438 e. The molecule has 0 aliphatic carbocycles. The fraction of sp³-hybridized carbons (Fsp3) is 0.647. The lowest BCUT2D eigenvalue weighted by Crippen LogP contribution is -2.30. The molecule has 2 heteroatoms. The van der Waals surface area contributed by atoms with Gasteiger partial charge in [-0.1, -0.05) is 65.0 Å². The van der Waals surface area contributed by atoms with Crippen molar-refractivity contribution in [2.75, 3.05) is 6.54 Å². The maximum absolute atomic E-state index is 3.71. The van der Waals surface area contributed by atoms with Crippen LogP contribution in [0.25, 0.3) is 0 Å². The first-order valence-corrected chi connectivity index (χ1v) is 8.44. The van der Waals surface area contributed by atoms with E-state index in [0.717, 1.165) is 12.5 Å². The molecule has 0 amide bonds. The van der Waals surface area contributed by atoms with E-state index in [2.05, 4.69) is 82.0 Å². The fourth-order valence-electron chi connectivity index (χ4n) is 2.09. The molecule has 0 aliphatic heterocycles. The van der Waals surface area contributed by atoms with E-state index in [1.807, 2.05) is 0 Å². The zero-order chi connectivity index (χ0) is 14.3. The highest BCUT2D eigenvalue weighted by molar-refractivity contribution is 8.00. The van der Waals surface area contributed by atoms with Crippen LogP contribution in [0.3, 0.4) is 0 Å². The Labute approximate surface area is 123 Å². The average molecular weight is 279 g/mol. The summed E-state index contributed by atoms with van der Waals surface area (Å²) in [6.07, 6.45) is 1.18. The van der Waals surface area contributed by atoms with Crippen molar-refractivity contribution >= 4 is 11.8 Å². The van der Waals surface area contributed by atoms with Crippen LogP contribution in [0.15, 0.2) is 30.3 Å². The highest BCUT2D eigenvalue weighted by Gasteiger charge is 2.22. The minimum absolute atomic E-state index is 0.451. The van der Waals surface area contributed by atoms with Gasteiger partial charge in [-0.2, -0.15) is 11.8 Å². The number of benzene rings is 1. The molecule has 0 aromatic heterocycles. The Bertz CT molecular complexity index is 336. The molecule has 1 rings (SSSR count). The molecule has 0 heterocycles. The van der Waals surface area contributed by atoms with E-state index < -0.39 is 0 Å². The van der Waals surface area contributed by atoms with Gasteiger partial charge in [0.2, 0.25) is 0 Å². The van der Waals surface area contributed by atoms with Gasteiger partial charge in [0, 0.05) is 16.5 Å². The lowest BCUT2D eigenvalue weighted by atomic mass is 10.0. The quantitative estimate of drug-likeness (QED) is 0.727. The summed E-state index contributed by atoms with van der Waals surface area (Å²) in [5.41, 5.74) is 1.41. The molecule has 19 heavy (non-hydrogen) atoms. The Balaban J connectivity index is 2.73. The van der Waals surface area contributed by atoms with Crippen LogP contribution in [-0.4, -0.2) is 17.0 Å². The normalized spacial score (nSPS) is 16.3. The second-order valence-electron chi connectivity index (χ2n) is 5.63. The molecular weight excluding hydrogens is 250 g/mol. The lowest BCUT2D eigenvalue weighted by molar-refractivity contribution is 0.524. The van der Waals surface area contributed by atoms with Crippen molar-refractivity contribution in [3.05, 3.63) is 35.9 Å². The number of hydrogen-bond acceptors (Lipinski definition) is 2. The third kappa shape index (κ3) is 5.58. The Morgan fingerprint density at radius 1 is 1.00 bits per heavy atom. The first kappa shape index (κ1) is 16.6. The van der Waals surface area contributed by atoms with Crippen LogP contribution in [0, 0.1) is 5.92 Å². The van der Waals surface area contributed by atoms with Crippen LogP contribution >= 0.6 is 11.8 Å². The highest BCUT2D eigenvalue weighted by Crippen LogP contribution is 2.31. The monoisotopic (exact) mass is 279 g/mol. The smallest absolute Gasteiger partial charge is 0.0438 e. The van der Waals surface area contributed by atoms with Gasteiger partial charge in [0.1, 0.15) is 0 Å². The Hall–Kier alpha value is -0.470. The van der Waals surface area contributed by atoms with Gasteiger partial charge in [-0.3, -0.25) is 0 Å². The van der Waals surface area contributed by atoms with Crippen molar-refractivity contribution in [3.8, 4) is 0 Å². The van der Waals surface area contributed by atoms with Crippen molar-refractivity contribution < 1.29 is 0 Å². The molecule has 0 radical (unpaired) electrons. The van der Waals surface area contributed by atoms with Crippen molar-refractivity contribution in [3.63, 3.8) is 0 Å². The van der Waals surface area contributed by atoms with Crippen LogP contribution in [0.1, 0.15) is 52.6 Å². The van der Waals surface area contributed by atoms with Crippen molar-refractivity contribution in [1.29, 1.82) is 0 Å². The molecular formula is C17H29NS. The standard InChI is InChI=1S/C17H29NS/c1-6-12-18-17(16-10-8-7-9-11-16)15(5)19-14(4)13(2)3/h7-11,13-15,17-18H,6,12H2,1-5H3. The minimum Gasteiger partial charge on any atom is -0.309 e. The molecule has 1 N–H and O–H groups in total. The summed E-state index contributed by atoms with van der Waals surface area (Å²) in [7, 11) is 0. The molecule has 0 bridgehead atoms. The zero-order valence-corrected chi connectivity index (χ0v) is 13.8. The summed E-state index contributed by atoms with van der Waals surface area (Å²) in [6.45, 7) is 12.6. The minimum atomic E-state index is 0.451. The van der Waals surface area contributed by atoms with E-state index in [-0.39, 0.29) is 0 Å². The largest absolute Gasteiger partial charge is 0.309 e. The molecule has 108 valence electrons. The SMILES string of the molecule is CCCNC(c1ccccc1)C(C)SC(C)C(C)C. The van der Waals surface area contributed by atoms with E-state index in [4.69, 9.17) is 0 Å². The Morgan fingerprint density at radius 3 is 2.16 bits per heavy atom. The summed E-state index contributed by atoms with van der Waals surface area (Å²) in [5.74, 6) is 0.732. The Morgan fingerprint density at radius 2 is 1.63 bits per heavy atom. The molecule has 3 atom stereocenters. The summed E-state index contributed by atoms with van der Waals surface area (Å²) >= 11 is 2.10. The molecule has 1 aromatic carbocycles. The number of rotatable bonds is 8. The van der Waals surface area contributed by atoms with Gasteiger partial charge in [0.05, 0.1) is 0 Å². The highest BCUT2D eigenvalue weighted by atomic mass is 32.2. The first-order valence-electron chi connectivity index (χ1n) is 7.50. The van der Waals surface area contributed by atoms with Crippen molar-refractivity contribution in [1.82, 2.24) is 5.32 Å². The van der Waals surface area contributed by atoms with E-state index in [1.165, 1.54) is 12.0 Å². The molecule has 0 fully saturated rings. The summed E-state index contributed by atoms with van der Waals surface area (Å²) in [5, 5.41) is 5.00. The average Bonchev–Trinajstić information content (AvgIpc) is 2.40. The van der Waals surface area contributed by atoms with Gasteiger partial charge in [0.15, 0.2) is 0 Å². The van der Waals surface area contributed by atoms with Crippen LogP contribution in [0.2, 0.25) is 0 Å². The van der Waals surface area contributed by atoms with E-state index in [1.54, 1.807) is 0 Å². The second-order valence-corrected chi connectivity index (χ2v) is 7.39. The lowest BCUT2D eigenvalue weighted by Gasteiger charge is -2.28. The topological polar surface area (TPSA) is 12.0 Å². The molecule has 3 unspecified atom stereocenters. The van der Waals surface area contributed by atoms with Crippen LogP contribution < -0.4 is 5.32 Å². The van der Waals surface area contributed by atoms with Crippen molar-refractivity contribution in [2.45, 2.75) is 57.6 Å². The molecule has 1 nitrogen and oxygen atoms in total. The van der Waals surface area contributed by atoms with E-state index in [9.17, 15) is 0 Å². The number of nitrogens with one attached hydrogen (secondary N) is 1. The third-order valence-corrected chi connectivity index (χ3v) is 5.29. The number of thioether (sulfide) groups is 1. The van der Waals surface area contributed by atoms with Crippen LogP contribution in [0.4, 0.5) is 0 Å². The first-order chi connectivity index (χ1) is 9.06. The number of hydrogen-bond donors (Lipinski definition) is 1. The summed E-state index contributed by atoms with van der Waals surface area (Å²) < 4.78 is 0. The van der Waals surface area contributed by atoms with E-state index >= 15 is 0 Å². The van der Waals surface area contributed by atoms with Gasteiger partial charge >= 0.3 is 0 Å². The predicted octanol–water partition coefficient (Wildman–Crippen LogP) is 4.89. The molecule has 0 saturated carbocycles. The van der Waals surface area contributed by atoms with Gasteiger partial charge in [-0.15, -0.1) is 0 Å². The van der Waals surface area contributed by atoms with Gasteiger partial charge in [-0.05, 0) is 24.4 Å². The summed E-state index contributed by atoms with van der Waals surface area (Å²) in [4.78, 5) is 0. The molecule has 0 aliphatic rings. The predicted molar refractivity (Wildman–Crippen MR) is 88.8 cm³/mol. The zero-order valence-electron chi connectivity index (χ0n) is 13.0. The van der Waals surface area contributed by atoms with Gasteiger partial charge in [-0.25, -0.2) is 0 Å². The van der Waals surface area contributed by atoms with E-state index in [0.29, 0.717) is 16.5 Å². The maximum atomic E-state index is 3.71. The molecule has 1 aromatic rings. The van der Waals surface area contributed by atoms with Crippen LogP contribution in [0.5, 0.6) is 0 Å². The van der Waals surface area contributed by atoms with Crippen molar-refractivity contribution in [2.24, 2.45) is 5.92 Å². The third-order valence-electron chi connectivity index (χ3n) is 3.61. The Kier molecular flexibility index (Phi) is 7.55. The van der Waals surface area contributed by atoms with Crippen LogP contribution in [-0.2, 0) is 0 Å². The molecule has 0 saturated heterocycles. The fourth-order valence-corrected chi connectivity index (χ4v) is 3.49. The second kappa shape index (κ2) is 8.65. The van der Waals surface area contributed by atoms with Gasteiger partial charge < -0.3 is 5.32 Å². The summed E-state index contributed by atoms with van der Waals surface area (Å²) in [6, 6.07) is 11.3.